The third-order valence-electron chi connectivity index (χ3n) is 4.30. The monoisotopic (exact) mass is 381 g/mol. The lowest BCUT2D eigenvalue weighted by Gasteiger charge is -2.33. The Labute approximate surface area is 155 Å². The maximum Gasteiger partial charge on any atom is 0.253 e. The summed E-state index contributed by atoms with van der Waals surface area (Å²) in [5, 5.41) is 2.98. The number of benzene rings is 1. The highest BCUT2D eigenvalue weighted by Crippen LogP contribution is 2.16. The lowest BCUT2D eigenvalue weighted by molar-refractivity contribution is -0.122. The molecule has 0 saturated carbocycles. The first-order valence-electron chi connectivity index (χ1n) is 9.05. The first-order chi connectivity index (χ1) is 12.4. The Morgan fingerprint density at radius 2 is 1.88 bits per heavy atom. The van der Waals surface area contributed by atoms with E-state index in [1.165, 1.54) is 24.3 Å². The standard InChI is InChI=1S/C18H27N3O4S/c1-3-6-17(22)20-15-7-5-12-21(13-15)18(23)14-8-10-16(11-9-14)26(24,25)19-4-2/h8-11,15,19H,3-7,12-13H2,1-2H3,(H,20,22). The Hall–Kier alpha value is -1.93. The zero-order valence-corrected chi connectivity index (χ0v) is 16.1. The Balaban J connectivity index is 2.03. The number of carbonyl (C=O) groups excluding carboxylic acids is 2. The van der Waals surface area contributed by atoms with E-state index in [2.05, 4.69) is 10.0 Å². The van der Waals surface area contributed by atoms with Gasteiger partial charge in [0.25, 0.3) is 5.91 Å². The van der Waals surface area contributed by atoms with Gasteiger partial charge in [0.15, 0.2) is 0 Å². The first kappa shape index (κ1) is 20.4. The van der Waals surface area contributed by atoms with E-state index in [9.17, 15) is 18.0 Å². The highest BCUT2D eigenvalue weighted by molar-refractivity contribution is 7.89. The minimum atomic E-state index is -3.53. The lowest BCUT2D eigenvalue weighted by atomic mass is 10.0. The van der Waals surface area contributed by atoms with Crippen LogP contribution < -0.4 is 10.0 Å². The Bertz CT molecular complexity index is 731. The van der Waals surface area contributed by atoms with Crippen LogP contribution in [0.15, 0.2) is 29.2 Å². The second-order valence-corrected chi connectivity index (χ2v) is 8.20. The second kappa shape index (κ2) is 9.14. The molecule has 1 unspecified atom stereocenters. The summed E-state index contributed by atoms with van der Waals surface area (Å²) >= 11 is 0. The van der Waals surface area contributed by atoms with Crippen molar-refractivity contribution < 1.29 is 18.0 Å². The van der Waals surface area contributed by atoms with E-state index in [0.29, 0.717) is 31.6 Å². The number of likely N-dealkylation sites (tertiary alicyclic amines) is 1. The summed E-state index contributed by atoms with van der Waals surface area (Å²) in [4.78, 5) is 26.3. The molecule has 1 aromatic carbocycles. The van der Waals surface area contributed by atoms with Gasteiger partial charge in [0.1, 0.15) is 0 Å². The third-order valence-corrected chi connectivity index (χ3v) is 5.86. The van der Waals surface area contributed by atoms with Crippen LogP contribution in [-0.4, -0.2) is 50.8 Å². The molecule has 1 atom stereocenters. The smallest absolute Gasteiger partial charge is 0.253 e. The molecular formula is C18H27N3O4S. The SMILES string of the molecule is CCCC(=O)NC1CCCN(C(=O)c2ccc(S(=O)(=O)NCC)cc2)C1. The molecule has 0 spiro atoms. The van der Waals surface area contributed by atoms with Gasteiger partial charge < -0.3 is 10.2 Å². The van der Waals surface area contributed by atoms with Gasteiger partial charge in [-0.2, -0.15) is 0 Å². The van der Waals surface area contributed by atoms with Gasteiger partial charge >= 0.3 is 0 Å². The van der Waals surface area contributed by atoms with Crippen LogP contribution in [0.1, 0.15) is 49.9 Å². The maximum atomic E-state index is 12.7. The van der Waals surface area contributed by atoms with Crippen molar-refractivity contribution in [2.24, 2.45) is 0 Å². The molecule has 0 aromatic heterocycles. The molecule has 2 amide bonds. The van der Waals surface area contributed by atoms with Gasteiger partial charge in [0, 0.05) is 37.7 Å². The molecule has 0 radical (unpaired) electrons. The fraction of sp³-hybridized carbons (Fsp3) is 0.556. The zero-order chi connectivity index (χ0) is 19.2. The maximum absolute atomic E-state index is 12.7. The Morgan fingerprint density at radius 1 is 1.19 bits per heavy atom. The molecule has 1 aromatic rings. The summed E-state index contributed by atoms with van der Waals surface area (Å²) in [5.74, 6) is -0.128. The molecule has 26 heavy (non-hydrogen) atoms. The van der Waals surface area contributed by atoms with Crippen molar-refractivity contribution in [3.63, 3.8) is 0 Å². The van der Waals surface area contributed by atoms with Crippen LogP contribution in [0, 0.1) is 0 Å². The van der Waals surface area contributed by atoms with E-state index in [1.807, 2.05) is 6.92 Å². The van der Waals surface area contributed by atoms with Crippen LogP contribution in [0.4, 0.5) is 0 Å². The van der Waals surface area contributed by atoms with Crippen molar-refractivity contribution in [1.82, 2.24) is 14.9 Å². The summed E-state index contributed by atoms with van der Waals surface area (Å²) in [6, 6.07) is 5.92. The number of sulfonamides is 1. The van der Waals surface area contributed by atoms with Gasteiger partial charge in [-0.15, -0.1) is 0 Å². The minimum Gasteiger partial charge on any atom is -0.352 e. The van der Waals surface area contributed by atoms with E-state index in [0.717, 1.165) is 19.3 Å². The fourth-order valence-corrected chi connectivity index (χ4v) is 4.08. The summed E-state index contributed by atoms with van der Waals surface area (Å²) in [7, 11) is -3.53. The Kier molecular flexibility index (Phi) is 7.16. The summed E-state index contributed by atoms with van der Waals surface area (Å²) in [5.41, 5.74) is 0.445. The number of hydrogen-bond acceptors (Lipinski definition) is 4. The first-order valence-corrected chi connectivity index (χ1v) is 10.5. The average molecular weight is 381 g/mol. The molecule has 0 aliphatic carbocycles. The highest BCUT2D eigenvalue weighted by Gasteiger charge is 2.25. The second-order valence-electron chi connectivity index (χ2n) is 6.43. The molecule has 2 rings (SSSR count). The largest absolute Gasteiger partial charge is 0.352 e. The molecule has 1 heterocycles. The van der Waals surface area contributed by atoms with Gasteiger partial charge in [0.2, 0.25) is 15.9 Å². The zero-order valence-electron chi connectivity index (χ0n) is 15.3. The summed E-state index contributed by atoms with van der Waals surface area (Å²) < 4.78 is 26.4. The van der Waals surface area contributed by atoms with Crippen molar-refractivity contribution in [3.8, 4) is 0 Å². The van der Waals surface area contributed by atoms with E-state index in [4.69, 9.17) is 0 Å². The summed E-state index contributed by atoms with van der Waals surface area (Å²) in [6.45, 7) is 5.09. The highest BCUT2D eigenvalue weighted by atomic mass is 32.2. The van der Waals surface area contributed by atoms with Crippen LogP contribution in [0.25, 0.3) is 0 Å². The van der Waals surface area contributed by atoms with Gasteiger partial charge in [-0.25, -0.2) is 13.1 Å². The van der Waals surface area contributed by atoms with Crippen LogP contribution in [0.3, 0.4) is 0 Å². The molecule has 1 aliphatic heterocycles. The lowest BCUT2D eigenvalue weighted by Crippen LogP contribution is -2.49. The minimum absolute atomic E-state index is 0.0183. The molecule has 0 bridgehead atoms. The van der Waals surface area contributed by atoms with Gasteiger partial charge in [-0.1, -0.05) is 13.8 Å². The van der Waals surface area contributed by atoms with E-state index in [1.54, 1.807) is 11.8 Å². The van der Waals surface area contributed by atoms with Gasteiger partial charge in [-0.05, 0) is 43.5 Å². The molecule has 8 heteroatoms. The number of amides is 2. The Morgan fingerprint density at radius 3 is 2.50 bits per heavy atom. The van der Waals surface area contributed by atoms with Crippen LogP contribution >= 0.6 is 0 Å². The van der Waals surface area contributed by atoms with Crippen molar-refractivity contribution in [1.29, 1.82) is 0 Å². The number of nitrogens with one attached hydrogen (secondary N) is 2. The molecular weight excluding hydrogens is 354 g/mol. The quantitative estimate of drug-likeness (QED) is 0.748. The van der Waals surface area contributed by atoms with Crippen molar-refractivity contribution in [2.45, 2.75) is 50.5 Å². The predicted molar refractivity (Wildman–Crippen MR) is 99.3 cm³/mol. The van der Waals surface area contributed by atoms with E-state index >= 15 is 0 Å². The average Bonchev–Trinajstić information content (AvgIpc) is 2.61. The number of hydrogen-bond donors (Lipinski definition) is 2. The number of carbonyl (C=O) groups is 2. The third kappa shape index (κ3) is 5.28. The topological polar surface area (TPSA) is 95.6 Å². The van der Waals surface area contributed by atoms with Crippen molar-refractivity contribution in [2.75, 3.05) is 19.6 Å². The summed E-state index contributed by atoms with van der Waals surface area (Å²) in [6.07, 6.45) is 2.98. The van der Waals surface area contributed by atoms with E-state index < -0.39 is 10.0 Å². The molecule has 7 nitrogen and oxygen atoms in total. The van der Waals surface area contributed by atoms with Crippen LogP contribution in [0.2, 0.25) is 0 Å². The van der Waals surface area contributed by atoms with Crippen LogP contribution in [0.5, 0.6) is 0 Å². The fourth-order valence-electron chi connectivity index (χ4n) is 3.04. The predicted octanol–water partition coefficient (Wildman–Crippen LogP) is 1.51. The van der Waals surface area contributed by atoms with Crippen LogP contribution in [-0.2, 0) is 14.8 Å². The van der Waals surface area contributed by atoms with Gasteiger partial charge in [-0.3, -0.25) is 9.59 Å². The molecule has 1 saturated heterocycles. The molecule has 1 fully saturated rings. The molecule has 2 N–H and O–H groups in total. The number of nitrogens with zero attached hydrogens (tertiary/aromatic N) is 1. The molecule has 144 valence electrons. The normalized spacial score (nSPS) is 17.8. The number of piperidine rings is 1. The van der Waals surface area contributed by atoms with Crippen molar-refractivity contribution in [3.05, 3.63) is 29.8 Å². The van der Waals surface area contributed by atoms with Gasteiger partial charge in [0.05, 0.1) is 4.90 Å². The number of rotatable bonds is 7. The van der Waals surface area contributed by atoms with E-state index in [-0.39, 0.29) is 22.8 Å². The van der Waals surface area contributed by atoms with Crippen molar-refractivity contribution >= 4 is 21.8 Å². The molecule has 1 aliphatic rings.